The molecule has 1 spiro atoms. The minimum Gasteiger partial charge on any atom is -0.472 e. The average molecular weight is 519 g/mol. The van der Waals surface area contributed by atoms with Crippen molar-refractivity contribution >= 4 is 17.7 Å². The van der Waals surface area contributed by atoms with Crippen molar-refractivity contribution in [2.45, 2.75) is 97.7 Å². The van der Waals surface area contributed by atoms with E-state index >= 15 is 0 Å². The number of esters is 2. The number of Topliss-reactive ketones (excluding diaryl/α,β-unsaturated/α-hetero) is 1. The number of epoxide rings is 1. The van der Waals surface area contributed by atoms with Crippen molar-refractivity contribution < 1.29 is 38.1 Å². The number of ether oxygens (including phenoxy) is 5. The third kappa shape index (κ3) is 4.05. The molecule has 8 heteroatoms. The molecule has 4 fully saturated rings. The van der Waals surface area contributed by atoms with E-state index < -0.39 is 17.1 Å². The maximum atomic E-state index is 13.6. The normalized spacial score (nSPS) is 46.5. The van der Waals surface area contributed by atoms with E-state index in [4.69, 9.17) is 23.7 Å². The smallest absolute Gasteiger partial charge is 0.302 e. The van der Waals surface area contributed by atoms with Crippen LogP contribution in [0.3, 0.4) is 0 Å². The van der Waals surface area contributed by atoms with E-state index in [0.29, 0.717) is 25.9 Å². The third-order valence-corrected chi connectivity index (χ3v) is 10.7. The molecule has 0 aromatic heterocycles. The Labute approximate surface area is 219 Å². The number of rotatable bonds is 7. The summed E-state index contributed by atoms with van der Waals surface area (Å²) in [6.07, 6.45) is 6.27. The highest BCUT2D eigenvalue weighted by molar-refractivity contribution is 5.83. The lowest BCUT2D eigenvalue weighted by Crippen LogP contribution is -2.70. The zero-order chi connectivity index (χ0) is 26.8. The summed E-state index contributed by atoms with van der Waals surface area (Å²) < 4.78 is 30.4. The fourth-order valence-electron chi connectivity index (χ4n) is 8.28. The van der Waals surface area contributed by atoms with E-state index in [1.54, 1.807) is 6.26 Å². The molecule has 0 amide bonds. The monoisotopic (exact) mass is 518 g/mol. The minimum atomic E-state index is -0.768. The van der Waals surface area contributed by atoms with Gasteiger partial charge in [-0.1, -0.05) is 27.7 Å². The van der Waals surface area contributed by atoms with Crippen molar-refractivity contribution in [1.29, 1.82) is 0 Å². The summed E-state index contributed by atoms with van der Waals surface area (Å²) in [7, 11) is 0. The molecule has 2 saturated heterocycles. The zero-order valence-corrected chi connectivity index (χ0v) is 23.0. The van der Waals surface area contributed by atoms with Crippen LogP contribution in [-0.2, 0) is 38.1 Å². The lowest BCUT2D eigenvalue weighted by atomic mass is 9.41. The predicted molar refractivity (Wildman–Crippen MR) is 133 cm³/mol. The molecular formula is C29H42O8. The lowest BCUT2D eigenvalue weighted by Gasteiger charge is -2.64. The second-order valence-electron chi connectivity index (χ2n) is 12.5. The molecule has 3 heterocycles. The number of hydrogen-bond donors (Lipinski definition) is 0. The molecule has 0 radical (unpaired) electrons. The summed E-state index contributed by atoms with van der Waals surface area (Å²) >= 11 is 0. The van der Waals surface area contributed by atoms with Gasteiger partial charge in [0.25, 0.3) is 0 Å². The molecule has 206 valence electrons. The maximum absolute atomic E-state index is 13.6. The fourth-order valence-corrected chi connectivity index (χ4v) is 8.28. The highest BCUT2D eigenvalue weighted by Gasteiger charge is 2.78. The van der Waals surface area contributed by atoms with E-state index in [2.05, 4.69) is 19.9 Å². The van der Waals surface area contributed by atoms with E-state index in [1.807, 2.05) is 13.8 Å². The third-order valence-electron chi connectivity index (χ3n) is 10.7. The molecule has 1 unspecified atom stereocenters. The summed E-state index contributed by atoms with van der Waals surface area (Å²) in [5.74, 6) is -0.516. The van der Waals surface area contributed by atoms with Crippen molar-refractivity contribution in [1.82, 2.24) is 0 Å². The minimum absolute atomic E-state index is 0.0427. The second kappa shape index (κ2) is 9.37. The van der Waals surface area contributed by atoms with Crippen LogP contribution in [0, 0.1) is 40.4 Å². The van der Waals surface area contributed by atoms with Crippen LogP contribution in [0.15, 0.2) is 12.3 Å². The van der Waals surface area contributed by atoms with E-state index in [0.717, 1.165) is 12.8 Å². The van der Waals surface area contributed by atoms with E-state index in [-0.39, 0.29) is 71.7 Å². The topological polar surface area (TPSA) is 101 Å². The van der Waals surface area contributed by atoms with Gasteiger partial charge in [-0.15, -0.1) is 0 Å². The summed E-state index contributed by atoms with van der Waals surface area (Å²) in [6.45, 7) is 11.9. The lowest BCUT2D eigenvalue weighted by molar-refractivity contribution is -0.258. The second-order valence-corrected chi connectivity index (χ2v) is 12.5. The van der Waals surface area contributed by atoms with Crippen LogP contribution >= 0.6 is 0 Å². The number of ketones is 1. The largest absolute Gasteiger partial charge is 0.472 e. The highest BCUT2D eigenvalue weighted by Crippen LogP contribution is 2.71. The Hall–Kier alpha value is -1.93. The molecule has 3 aliphatic heterocycles. The van der Waals surface area contributed by atoms with Gasteiger partial charge in [0, 0.05) is 37.0 Å². The Morgan fingerprint density at radius 2 is 1.86 bits per heavy atom. The summed E-state index contributed by atoms with van der Waals surface area (Å²) in [5.41, 5.74) is -1.84. The Kier molecular flexibility index (Phi) is 6.75. The van der Waals surface area contributed by atoms with Crippen LogP contribution in [-0.4, -0.2) is 55.0 Å². The van der Waals surface area contributed by atoms with Crippen molar-refractivity contribution in [2.24, 2.45) is 40.4 Å². The summed E-state index contributed by atoms with van der Waals surface area (Å²) in [4.78, 5) is 38.2. The van der Waals surface area contributed by atoms with Gasteiger partial charge in [0.1, 0.15) is 24.1 Å². The van der Waals surface area contributed by atoms with Crippen LogP contribution < -0.4 is 0 Å². The summed E-state index contributed by atoms with van der Waals surface area (Å²) in [5, 5.41) is 0. The maximum Gasteiger partial charge on any atom is 0.302 e. The molecule has 37 heavy (non-hydrogen) atoms. The first kappa shape index (κ1) is 26.7. The molecule has 2 saturated carbocycles. The first-order valence-electron chi connectivity index (χ1n) is 13.9. The van der Waals surface area contributed by atoms with Gasteiger partial charge in [-0.2, -0.15) is 0 Å². The number of hydrogen-bond acceptors (Lipinski definition) is 8. The van der Waals surface area contributed by atoms with Crippen molar-refractivity contribution in [3.8, 4) is 0 Å². The Morgan fingerprint density at radius 3 is 2.46 bits per heavy atom. The van der Waals surface area contributed by atoms with Gasteiger partial charge in [-0.25, -0.2) is 0 Å². The first-order chi connectivity index (χ1) is 17.5. The van der Waals surface area contributed by atoms with Crippen LogP contribution in [0.5, 0.6) is 0 Å². The molecule has 0 bridgehead atoms. The van der Waals surface area contributed by atoms with Gasteiger partial charge < -0.3 is 23.7 Å². The molecule has 2 aliphatic carbocycles. The van der Waals surface area contributed by atoms with Crippen LogP contribution in [0.25, 0.3) is 0 Å². The molecule has 5 rings (SSSR count). The van der Waals surface area contributed by atoms with Gasteiger partial charge in [0.2, 0.25) is 6.29 Å². The number of fused-ring (bicyclic) bond motifs is 3. The van der Waals surface area contributed by atoms with Crippen LogP contribution in [0.4, 0.5) is 0 Å². The Balaban J connectivity index is 1.63. The van der Waals surface area contributed by atoms with Gasteiger partial charge in [0.15, 0.2) is 0 Å². The standard InChI is InChI=1S/C29H42O8/c1-7-16(2)25(32)21-11-22-27(6,23-12-20-8-9-33-26(20)37-23)17(3)10-24(36-19(5)31)29(22,15-34-18(4)30)28(13-21)14-35-28/h8-9,16-17,20-24,26H,7,10-15H2,1-6H3/t16?,17-,20-,21+,22-,23+,24+,26+,27+,28+,29+/m1/s1. The summed E-state index contributed by atoms with van der Waals surface area (Å²) in [6, 6.07) is 0. The van der Waals surface area contributed by atoms with Gasteiger partial charge in [-0.05, 0) is 50.0 Å². The van der Waals surface area contributed by atoms with Crippen LogP contribution in [0.1, 0.15) is 73.6 Å². The molecule has 5 aliphatic rings. The van der Waals surface area contributed by atoms with Crippen LogP contribution in [0.2, 0.25) is 0 Å². The van der Waals surface area contributed by atoms with Gasteiger partial charge in [0.05, 0.1) is 24.4 Å². The SMILES string of the molecule is CCC(C)C(=O)[C@H]1C[C@@H]2[C@@](C)([C@@H]3C[C@H]4C=CO[C@H]4O3)[C@H](C)C[C@H](OC(C)=O)[C@@]2(COC(C)=O)[C@@]2(CO2)C1. The Bertz CT molecular complexity index is 971. The van der Waals surface area contributed by atoms with Crippen molar-refractivity contribution in [3.05, 3.63) is 12.3 Å². The van der Waals surface area contributed by atoms with Gasteiger partial charge >= 0.3 is 11.9 Å². The molecule has 11 atom stereocenters. The van der Waals surface area contributed by atoms with Crippen molar-refractivity contribution in [2.75, 3.05) is 13.2 Å². The quantitative estimate of drug-likeness (QED) is 0.365. The molecular weight excluding hydrogens is 476 g/mol. The zero-order valence-electron chi connectivity index (χ0n) is 23.0. The molecule has 8 nitrogen and oxygen atoms in total. The van der Waals surface area contributed by atoms with E-state index in [9.17, 15) is 14.4 Å². The predicted octanol–water partition coefficient (Wildman–Crippen LogP) is 4.20. The van der Waals surface area contributed by atoms with Crippen molar-refractivity contribution in [3.63, 3.8) is 0 Å². The molecule has 0 aromatic carbocycles. The Morgan fingerprint density at radius 1 is 1.14 bits per heavy atom. The van der Waals surface area contributed by atoms with Gasteiger partial charge in [-0.3, -0.25) is 14.4 Å². The fraction of sp³-hybridized carbons (Fsp3) is 0.828. The van der Waals surface area contributed by atoms with E-state index in [1.165, 1.54) is 13.8 Å². The first-order valence-corrected chi connectivity index (χ1v) is 13.9. The highest BCUT2D eigenvalue weighted by atomic mass is 16.7. The number of carbonyl (C=O) groups is 3. The number of carbonyl (C=O) groups excluding carboxylic acids is 3. The molecule has 0 N–H and O–H groups in total. The molecule has 0 aromatic rings. The average Bonchev–Trinajstić information content (AvgIpc) is 3.28.